The molecule has 1 N–H and O–H groups in total. The predicted octanol–water partition coefficient (Wildman–Crippen LogP) is 3.64. The van der Waals surface area contributed by atoms with Crippen LogP contribution in [0.3, 0.4) is 0 Å². The molecule has 6 heteroatoms. The fourth-order valence-electron chi connectivity index (χ4n) is 1.41. The van der Waals surface area contributed by atoms with Crippen LogP contribution >= 0.6 is 11.6 Å². The summed E-state index contributed by atoms with van der Waals surface area (Å²) in [4.78, 5) is 15.8. The van der Waals surface area contributed by atoms with Gasteiger partial charge >= 0.3 is 5.97 Å². The van der Waals surface area contributed by atoms with E-state index in [1.807, 2.05) is 6.92 Å². The van der Waals surface area contributed by atoms with Gasteiger partial charge in [0.1, 0.15) is 23.9 Å². The van der Waals surface area contributed by atoms with Gasteiger partial charge in [-0.2, -0.15) is 0 Å². The number of hydrogen-bond acceptors (Lipinski definition) is 5. The maximum absolute atomic E-state index is 11.8. The smallest absolute Gasteiger partial charge is 0.343 e. The van der Waals surface area contributed by atoms with E-state index < -0.39 is 5.97 Å². The topological polar surface area (TPSA) is 64.4 Å². The number of furan rings is 1. The third kappa shape index (κ3) is 3.48. The van der Waals surface area contributed by atoms with Crippen LogP contribution in [0.1, 0.15) is 23.7 Å². The Morgan fingerprint density at radius 3 is 3.00 bits per heavy atom. The van der Waals surface area contributed by atoms with Crippen molar-refractivity contribution in [2.45, 2.75) is 13.3 Å². The van der Waals surface area contributed by atoms with Gasteiger partial charge in [0, 0.05) is 6.20 Å². The molecule has 0 fully saturated rings. The van der Waals surface area contributed by atoms with Crippen molar-refractivity contribution in [1.29, 1.82) is 0 Å². The molecular formula is C13H13ClN2O3. The Morgan fingerprint density at radius 2 is 2.32 bits per heavy atom. The number of aromatic nitrogens is 1. The molecule has 2 rings (SSSR count). The lowest BCUT2D eigenvalue weighted by Crippen LogP contribution is -2.07. The molecule has 5 nitrogen and oxygen atoms in total. The van der Waals surface area contributed by atoms with Crippen molar-refractivity contribution in [1.82, 2.24) is 4.98 Å². The summed E-state index contributed by atoms with van der Waals surface area (Å²) in [6, 6.07) is 3.41. The fourth-order valence-corrected chi connectivity index (χ4v) is 1.52. The maximum Gasteiger partial charge on any atom is 0.343 e. The lowest BCUT2D eigenvalue weighted by molar-refractivity contribution is 0.0505. The van der Waals surface area contributed by atoms with Gasteiger partial charge in [-0.05, 0) is 18.6 Å². The van der Waals surface area contributed by atoms with Gasteiger partial charge < -0.3 is 14.5 Å². The standard InChI is InChI=1S/C13H13ClN2O3/c1-2-5-19-13(17)10-7-18-8-11(10)16-12-4-3-9(14)6-15-12/h3-4,6-8H,2,5H2,1H3,(H,15,16). The second-order valence-electron chi connectivity index (χ2n) is 3.82. The molecule has 0 radical (unpaired) electrons. The highest BCUT2D eigenvalue weighted by Gasteiger charge is 2.15. The van der Waals surface area contributed by atoms with E-state index in [0.29, 0.717) is 28.7 Å². The van der Waals surface area contributed by atoms with Crippen LogP contribution in [0.2, 0.25) is 5.02 Å². The monoisotopic (exact) mass is 280 g/mol. The largest absolute Gasteiger partial charge is 0.469 e. The molecule has 0 aliphatic rings. The number of ether oxygens (including phenoxy) is 1. The van der Waals surface area contributed by atoms with Crippen LogP contribution in [0.25, 0.3) is 0 Å². The predicted molar refractivity (Wildman–Crippen MR) is 71.8 cm³/mol. The van der Waals surface area contributed by atoms with E-state index in [4.69, 9.17) is 20.8 Å². The van der Waals surface area contributed by atoms with Crippen LogP contribution in [0, 0.1) is 0 Å². The van der Waals surface area contributed by atoms with Gasteiger partial charge in [-0.25, -0.2) is 9.78 Å². The summed E-state index contributed by atoms with van der Waals surface area (Å²) >= 11 is 5.75. The number of halogens is 1. The SMILES string of the molecule is CCCOC(=O)c1cocc1Nc1ccc(Cl)cn1. The van der Waals surface area contributed by atoms with E-state index in [1.54, 1.807) is 12.1 Å². The summed E-state index contributed by atoms with van der Waals surface area (Å²) in [7, 11) is 0. The van der Waals surface area contributed by atoms with Crippen LogP contribution in [-0.2, 0) is 4.74 Å². The summed E-state index contributed by atoms with van der Waals surface area (Å²) in [5, 5.41) is 3.51. The number of pyridine rings is 1. The average Bonchev–Trinajstić information content (AvgIpc) is 2.87. The first-order chi connectivity index (χ1) is 9.20. The molecular weight excluding hydrogens is 268 g/mol. The van der Waals surface area contributed by atoms with Crippen molar-refractivity contribution in [2.24, 2.45) is 0 Å². The Labute approximate surface area is 115 Å². The van der Waals surface area contributed by atoms with Crippen LogP contribution in [0.4, 0.5) is 11.5 Å². The van der Waals surface area contributed by atoms with E-state index in [2.05, 4.69) is 10.3 Å². The molecule has 2 aromatic heterocycles. The van der Waals surface area contributed by atoms with Crippen molar-refractivity contribution < 1.29 is 13.9 Å². The van der Waals surface area contributed by atoms with Crippen LogP contribution in [0.15, 0.2) is 35.3 Å². The molecule has 0 amide bonds. The number of carbonyl (C=O) groups excluding carboxylic acids is 1. The van der Waals surface area contributed by atoms with E-state index in [-0.39, 0.29) is 0 Å². The molecule has 0 aliphatic heterocycles. The summed E-state index contributed by atoms with van der Waals surface area (Å²) in [6.07, 6.45) is 5.05. The Hall–Kier alpha value is -2.01. The zero-order valence-corrected chi connectivity index (χ0v) is 11.1. The molecule has 0 aliphatic carbocycles. The zero-order valence-electron chi connectivity index (χ0n) is 10.4. The first-order valence-corrected chi connectivity index (χ1v) is 6.20. The summed E-state index contributed by atoms with van der Waals surface area (Å²) in [6.45, 7) is 2.31. The molecule has 0 aromatic carbocycles. The Balaban J connectivity index is 2.11. The minimum Gasteiger partial charge on any atom is -0.469 e. The molecule has 19 heavy (non-hydrogen) atoms. The minimum absolute atomic E-state index is 0.338. The van der Waals surface area contributed by atoms with Gasteiger partial charge in [-0.3, -0.25) is 0 Å². The number of esters is 1. The number of carbonyl (C=O) groups is 1. The highest BCUT2D eigenvalue weighted by atomic mass is 35.5. The number of hydrogen-bond donors (Lipinski definition) is 1. The van der Waals surface area contributed by atoms with E-state index >= 15 is 0 Å². The Kier molecular flexibility index (Phi) is 4.41. The Bertz CT molecular complexity index is 551. The van der Waals surface area contributed by atoms with Gasteiger partial charge in [-0.15, -0.1) is 0 Å². The van der Waals surface area contributed by atoms with Gasteiger partial charge in [0.25, 0.3) is 0 Å². The van der Waals surface area contributed by atoms with E-state index in [1.165, 1.54) is 18.7 Å². The highest BCUT2D eigenvalue weighted by molar-refractivity contribution is 6.30. The molecule has 0 bridgehead atoms. The van der Waals surface area contributed by atoms with E-state index in [9.17, 15) is 4.79 Å². The molecule has 0 saturated carbocycles. The number of nitrogens with one attached hydrogen (secondary N) is 1. The number of anilines is 2. The molecule has 2 aromatic rings. The van der Waals surface area contributed by atoms with Crippen LogP contribution < -0.4 is 5.32 Å². The zero-order chi connectivity index (χ0) is 13.7. The summed E-state index contributed by atoms with van der Waals surface area (Å²) < 4.78 is 10.1. The van der Waals surface area contributed by atoms with Crippen LogP contribution in [-0.4, -0.2) is 17.6 Å². The second-order valence-corrected chi connectivity index (χ2v) is 4.26. The Morgan fingerprint density at radius 1 is 1.47 bits per heavy atom. The fraction of sp³-hybridized carbons (Fsp3) is 0.231. The quantitative estimate of drug-likeness (QED) is 0.847. The van der Waals surface area contributed by atoms with Crippen molar-refractivity contribution in [3.8, 4) is 0 Å². The lowest BCUT2D eigenvalue weighted by atomic mass is 10.3. The first kappa shape index (κ1) is 13.4. The molecule has 0 saturated heterocycles. The molecule has 100 valence electrons. The average molecular weight is 281 g/mol. The molecule has 0 spiro atoms. The lowest BCUT2D eigenvalue weighted by Gasteiger charge is -2.06. The number of rotatable bonds is 5. The third-order valence-electron chi connectivity index (χ3n) is 2.31. The second kappa shape index (κ2) is 6.24. The molecule has 2 heterocycles. The highest BCUT2D eigenvalue weighted by Crippen LogP contribution is 2.22. The van der Waals surface area contributed by atoms with Gasteiger partial charge in [0.15, 0.2) is 0 Å². The number of nitrogens with zero attached hydrogens (tertiary/aromatic N) is 1. The third-order valence-corrected chi connectivity index (χ3v) is 2.53. The first-order valence-electron chi connectivity index (χ1n) is 5.82. The molecule has 0 atom stereocenters. The molecule has 0 unspecified atom stereocenters. The van der Waals surface area contributed by atoms with Crippen molar-refractivity contribution >= 4 is 29.1 Å². The van der Waals surface area contributed by atoms with Gasteiger partial charge in [-0.1, -0.05) is 18.5 Å². The maximum atomic E-state index is 11.8. The van der Waals surface area contributed by atoms with Gasteiger partial charge in [0.2, 0.25) is 0 Å². The van der Waals surface area contributed by atoms with Gasteiger partial charge in [0.05, 0.1) is 17.3 Å². The summed E-state index contributed by atoms with van der Waals surface area (Å²) in [5.74, 6) is 0.141. The van der Waals surface area contributed by atoms with Crippen molar-refractivity contribution in [2.75, 3.05) is 11.9 Å². The normalized spacial score (nSPS) is 10.2. The minimum atomic E-state index is -0.424. The van der Waals surface area contributed by atoms with E-state index in [0.717, 1.165) is 6.42 Å². The van der Waals surface area contributed by atoms with Crippen LogP contribution in [0.5, 0.6) is 0 Å². The van der Waals surface area contributed by atoms with Crippen molar-refractivity contribution in [3.05, 3.63) is 41.4 Å². The van der Waals surface area contributed by atoms with Crippen molar-refractivity contribution in [3.63, 3.8) is 0 Å². The summed E-state index contributed by atoms with van der Waals surface area (Å²) in [5.41, 5.74) is 0.848.